The number of anilines is 1. The molecule has 9 nitrogen and oxygen atoms in total. The lowest BCUT2D eigenvalue weighted by molar-refractivity contribution is -0.153. The third kappa shape index (κ3) is 14.9. The zero-order valence-electron chi connectivity index (χ0n) is 25.0. The highest BCUT2D eigenvalue weighted by Gasteiger charge is 2.26. The lowest BCUT2D eigenvalue weighted by Gasteiger charge is -2.24. The van der Waals surface area contributed by atoms with Crippen LogP contribution in [0.1, 0.15) is 91.9 Å². The standard InChI is InChI=1S/C31H49NO8/c1-6-9-10-11-12-13-17-20-27(22-21-25(4)36-5)40-30(34)24-39-31(35)32(26-18-15-14-16-19-26)28(37-7-2)23-29(33)38-8-3/h14-16,18-19,23,25,27H,6-13,17,20-22,24H2,1-5H3. The minimum absolute atomic E-state index is 0.0516. The van der Waals surface area contributed by atoms with Crippen LogP contribution < -0.4 is 4.90 Å². The van der Waals surface area contributed by atoms with Gasteiger partial charge in [-0.1, -0.05) is 63.6 Å². The summed E-state index contributed by atoms with van der Waals surface area (Å²) in [5.74, 6) is -1.37. The van der Waals surface area contributed by atoms with Crippen molar-refractivity contribution in [2.45, 2.75) is 104 Å². The molecule has 0 aliphatic carbocycles. The van der Waals surface area contributed by atoms with Gasteiger partial charge in [-0.15, -0.1) is 0 Å². The monoisotopic (exact) mass is 563 g/mol. The van der Waals surface area contributed by atoms with Gasteiger partial charge in [0.15, 0.2) is 6.61 Å². The smallest absolute Gasteiger partial charge is 0.421 e. The summed E-state index contributed by atoms with van der Waals surface area (Å²) in [6.45, 7) is 7.36. The van der Waals surface area contributed by atoms with Gasteiger partial charge < -0.3 is 23.7 Å². The van der Waals surface area contributed by atoms with Crippen molar-refractivity contribution >= 4 is 23.7 Å². The Hall–Kier alpha value is -3.07. The molecule has 1 amide bonds. The van der Waals surface area contributed by atoms with Crippen LogP contribution in [0.5, 0.6) is 0 Å². The van der Waals surface area contributed by atoms with Crippen LogP contribution >= 0.6 is 0 Å². The summed E-state index contributed by atoms with van der Waals surface area (Å²) in [5.41, 5.74) is 0.398. The van der Waals surface area contributed by atoms with Crippen molar-refractivity contribution in [2.24, 2.45) is 0 Å². The molecule has 2 atom stereocenters. The van der Waals surface area contributed by atoms with Gasteiger partial charge in [0.05, 0.1) is 31.1 Å². The Morgan fingerprint density at radius 1 is 0.825 bits per heavy atom. The molecule has 0 spiro atoms. The number of unbranched alkanes of at least 4 members (excludes halogenated alkanes) is 6. The van der Waals surface area contributed by atoms with Crippen LogP contribution in [-0.4, -0.2) is 57.2 Å². The quantitative estimate of drug-likeness (QED) is 0.0521. The first-order valence-electron chi connectivity index (χ1n) is 14.6. The van der Waals surface area contributed by atoms with Crippen molar-refractivity contribution in [3.63, 3.8) is 0 Å². The number of hydrogen-bond donors (Lipinski definition) is 0. The van der Waals surface area contributed by atoms with Crippen molar-refractivity contribution in [1.29, 1.82) is 0 Å². The Morgan fingerprint density at radius 3 is 2.10 bits per heavy atom. The van der Waals surface area contributed by atoms with E-state index in [9.17, 15) is 14.4 Å². The Morgan fingerprint density at radius 2 is 1.48 bits per heavy atom. The second kappa shape index (κ2) is 21.7. The molecule has 0 heterocycles. The summed E-state index contributed by atoms with van der Waals surface area (Å²) >= 11 is 0. The van der Waals surface area contributed by atoms with E-state index in [4.69, 9.17) is 23.7 Å². The van der Waals surface area contributed by atoms with E-state index in [2.05, 4.69) is 6.92 Å². The summed E-state index contributed by atoms with van der Waals surface area (Å²) in [5, 5.41) is 0. The molecule has 1 aromatic rings. The van der Waals surface area contributed by atoms with Gasteiger partial charge in [-0.25, -0.2) is 19.3 Å². The Kier molecular flexibility index (Phi) is 19.0. The molecule has 0 saturated carbocycles. The van der Waals surface area contributed by atoms with Crippen LogP contribution in [0.2, 0.25) is 0 Å². The Labute approximate surface area is 240 Å². The average Bonchev–Trinajstić information content (AvgIpc) is 2.94. The first-order valence-corrected chi connectivity index (χ1v) is 14.6. The number of rotatable bonds is 21. The van der Waals surface area contributed by atoms with Gasteiger partial charge in [0.1, 0.15) is 6.10 Å². The van der Waals surface area contributed by atoms with Gasteiger partial charge in [0, 0.05) is 7.11 Å². The normalized spacial score (nSPS) is 12.8. The first-order chi connectivity index (χ1) is 19.4. The molecular formula is C31H49NO8. The maximum absolute atomic E-state index is 13.2. The van der Waals surface area contributed by atoms with E-state index in [-0.39, 0.29) is 31.3 Å². The minimum Gasteiger partial charge on any atom is -0.479 e. The fourth-order valence-corrected chi connectivity index (χ4v) is 4.04. The summed E-state index contributed by atoms with van der Waals surface area (Å²) in [6, 6.07) is 8.57. The molecule has 9 heteroatoms. The lowest BCUT2D eigenvalue weighted by Crippen LogP contribution is -2.34. The molecule has 0 saturated heterocycles. The van der Waals surface area contributed by atoms with Crippen molar-refractivity contribution < 1.29 is 38.1 Å². The van der Waals surface area contributed by atoms with Crippen molar-refractivity contribution in [3.8, 4) is 0 Å². The number of hydrogen-bond acceptors (Lipinski definition) is 8. The van der Waals surface area contributed by atoms with E-state index >= 15 is 0 Å². The summed E-state index contributed by atoms with van der Waals surface area (Å²) in [6.07, 6.45) is 10.3. The molecular weight excluding hydrogens is 514 g/mol. The van der Waals surface area contributed by atoms with E-state index < -0.39 is 24.6 Å². The maximum atomic E-state index is 13.2. The molecule has 0 radical (unpaired) electrons. The van der Waals surface area contributed by atoms with Crippen LogP contribution in [0.4, 0.5) is 10.5 Å². The number of methoxy groups -OCH3 is 1. The zero-order chi connectivity index (χ0) is 29.6. The number of ether oxygens (including phenoxy) is 5. The van der Waals surface area contributed by atoms with Gasteiger partial charge >= 0.3 is 18.0 Å². The number of nitrogens with zero attached hydrogens (tertiary/aromatic N) is 1. The summed E-state index contributed by atoms with van der Waals surface area (Å²) in [4.78, 5) is 39.1. The number of carbonyl (C=O) groups is 3. The summed E-state index contributed by atoms with van der Waals surface area (Å²) in [7, 11) is 1.66. The predicted molar refractivity (Wildman–Crippen MR) is 155 cm³/mol. The van der Waals surface area contributed by atoms with Gasteiger partial charge in [-0.2, -0.15) is 0 Å². The highest BCUT2D eigenvalue weighted by Crippen LogP contribution is 2.22. The molecule has 0 fully saturated rings. The predicted octanol–water partition coefficient (Wildman–Crippen LogP) is 6.94. The van der Waals surface area contributed by atoms with Crippen LogP contribution in [0.25, 0.3) is 0 Å². The van der Waals surface area contributed by atoms with Gasteiger partial charge in [-0.3, -0.25) is 0 Å². The Bertz CT molecular complexity index is 873. The SMILES string of the molecule is CCCCCCCCCC(CCC(C)OC)OC(=O)COC(=O)N(C(=CC(=O)OCC)OCC)c1ccccc1. The second-order valence-corrected chi connectivity index (χ2v) is 9.54. The fourth-order valence-electron chi connectivity index (χ4n) is 4.04. The third-order valence-electron chi connectivity index (χ3n) is 6.28. The largest absolute Gasteiger partial charge is 0.479 e. The van der Waals surface area contributed by atoms with Gasteiger partial charge in [-0.05, 0) is 58.6 Å². The van der Waals surface area contributed by atoms with E-state index in [0.717, 1.165) is 36.7 Å². The molecule has 40 heavy (non-hydrogen) atoms. The number of para-hydroxylation sites is 1. The summed E-state index contributed by atoms with van der Waals surface area (Å²) < 4.78 is 27.0. The van der Waals surface area contributed by atoms with Crippen LogP contribution in [0.3, 0.4) is 0 Å². The highest BCUT2D eigenvalue weighted by molar-refractivity contribution is 5.94. The highest BCUT2D eigenvalue weighted by atomic mass is 16.6. The zero-order valence-corrected chi connectivity index (χ0v) is 25.0. The topological polar surface area (TPSA) is 101 Å². The maximum Gasteiger partial charge on any atom is 0.421 e. The number of carbonyl (C=O) groups excluding carboxylic acids is 3. The van der Waals surface area contributed by atoms with Crippen molar-refractivity contribution in [2.75, 3.05) is 31.8 Å². The van der Waals surface area contributed by atoms with Crippen LogP contribution in [0, 0.1) is 0 Å². The molecule has 2 unspecified atom stereocenters. The molecule has 0 bridgehead atoms. The van der Waals surface area contributed by atoms with Gasteiger partial charge in [0.25, 0.3) is 0 Å². The number of amides is 1. The van der Waals surface area contributed by atoms with Crippen LogP contribution in [-0.2, 0) is 33.3 Å². The number of esters is 2. The molecule has 0 aromatic heterocycles. The number of benzene rings is 1. The first kappa shape index (κ1) is 35.0. The van der Waals surface area contributed by atoms with E-state index in [1.54, 1.807) is 51.3 Å². The van der Waals surface area contributed by atoms with E-state index in [1.165, 1.54) is 32.1 Å². The van der Waals surface area contributed by atoms with E-state index in [1.807, 2.05) is 6.92 Å². The second-order valence-electron chi connectivity index (χ2n) is 9.54. The van der Waals surface area contributed by atoms with Gasteiger partial charge in [0.2, 0.25) is 5.88 Å². The minimum atomic E-state index is -0.885. The molecule has 0 aliphatic rings. The molecule has 1 rings (SSSR count). The Balaban J connectivity index is 2.85. The third-order valence-corrected chi connectivity index (χ3v) is 6.28. The van der Waals surface area contributed by atoms with Crippen molar-refractivity contribution in [1.82, 2.24) is 0 Å². The fraction of sp³-hybridized carbons (Fsp3) is 0.645. The van der Waals surface area contributed by atoms with Crippen LogP contribution in [0.15, 0.2) is 42.3 Å². The molecule has 0 N–H and O–H groups in total. The van der Waals surface area contributed by atoms with E-state index in [0.29, 0.717) is 12.1 Å². The molecule has 0 aliphatic heterocycles. The molecule has 1 aromatic carbocycles. The van der Waals surface area contributed by atoms with Crippen molar-refractivity contribution in [3.05, 3.63) is 42.3 Å². The lowest BCUT2D eigenvalue weighted by atomic mass is 10.0. The average molecular weight is 564 g/mol. The molecule has 226 valence electrons.